The van der Waals surface area contributed by atoms with E-state index in [1.165, 1.54) is 0 Å². The molecule has 1 aromatic rings. The molecule has 17 heavy (non-hydrogen) atoms. The molecule has 1 heterocycles. The molecule has 0 bridgehead atoms. The normalized spacial score (nSPS) is 16.6. The summed E-state index contributed by atoms with van der Waals surface area (Å²) in [5, 5.41) is 6.19. The minimum absolute atomic E-state index is 0.0908. The molecule has 1 fully saturated rings. The van der Waals surface area contributed by atoms with Crippen LogP contribution < -0.4 is 10.6 Å². The molecule has 4 nitrogen and oxygen atoms in total. The predicted octanol–water partition coefficient (Wildman–Crippen LogP) is 1.15. The number of hydrogen-bond acceptors (Lipinski definition) is 3. The second-order valence-electron chi connectivity index (χ2n) is 4.76. The molecular weight excluding hydrogens is 214 g/mol. The van der Waals surface area contributed by atoms with Gasteiger partial charge in [0.25, 0.3) is 0 Å². The van der Waals surface area contributed by atoms with Crippen molar-refractivity contribution >= 4 is 5.91 Å². The summed E-state index contributed by atoms with van der Waals surface area (Å²) in [7, 11) is 0. The lowest BCUT2D eigenvalue weighted by atomic mass is 10.2. The summed E-state index contributed by atoms with van der Waals surface area (Å²) < 4.78 is 0. The molecule has 92 valence electrons. The Bertz CT molecular complexity index is 401. The lowest BCUT2D eigenvalue weighted by Crippen LogP contribution is -2.42. The van der Waals surface area contributed by atoms with E-state index in [1.807, 2.05) is 26.2 Å². The minimum Gasteiger partial charge on any atom is -0.352 e. The first kappa shape index (κ1) is 12.0. The Balaban J connectivity index is 1.78. The number of aromatic nitrogens is 1. The fourth-order valence-electron chi connectivity index (χ4n) is 1.63. The third-order valence-corrected chi connectivity index (χ3v) is 2.86. The molecule has 1 amide bonds. The number of carbonyl (C=O) groups is 1. The highest BCUT2D eigenvalue weighted by molar-refractivity contribution is 5.81. The summed E-state index contributed by atoms with van der Waals surface area (Å²) in [5.74, 6) is 0.0908. The first-order chi connectivity index (χ1) is 8.15. The molecule has 2 N–H and O–H groups in total. The van der Waals surface area contributed by atoms with Gasteiger partial charge in [-0.25, -0.2) is 0 Å². The van der Waals surface area contributed by atoms with Crippen LogP contribution in [0.3, 0.4) is 0 Å². The van der Waals surface area contributed by atoms with Gasteiger partial charge >= 0.3 is 0 Å². The number of pyridine rings is 1. The van der Waals surface area contributed by atoms with Gasteiger partial charge in [-0.3, -0.25) is 9.78 Å². The van der Waals surface area contributed by atoms with E-state index in [1.54, 1.807) is 0 Å². The fraction of sp³-hybridized carbons (Fsp3) is 0.538. The van der Waals surface area contributed by atoms with Crippen molar-refractivity contribution in [1.29, 1.82) is 0 Å². The quantitative estimate of drug-likeness (QED) is 0.802. The van der Waals surface area contributed by atoms with Gasteiger partial charge in [-0.05, 0) is 37.8 Å². The number of carbonyl (C=O) groups excluding carboxylic acids is 1. The van der Waals surface area contributed by atoms with Crippen molar-refractivity contribution in [1.82, 2.24) is 15.6 Å². The van der Waals surface area contributed by atoms with Crippen molar-refractivity contribution in [3.05, 3.63) is 29.6 Å². The van der Waals surface area contributed by atoms with Crippen LogP contribution in [0.1, 0.15) is 30.9 Å². The maximum Gasteiger partial charge on any atom is 0.237 e. The molecule has 0 aromatic carbocycles. The van der Waals surface area contributed by atoms with Crippen LogP contribution in [0.5, 0.6) is 0 Å². The van der Waals surface area contributed by atoms with Crippen molar-refractivity contribution in [2.45, 2.75) is 45.3 Å². The van der Waals surface area contributed by atoms with Gasteiger partial charge in [0.05, 0.1) is 6.04 Å². The van der Waals surface area contributed by atoms with Crippen molar-refractivity contribution in [2.24, 2.45) is 0 Å². The molecule has 0 radical (unpaired) electrons. The van der Waals surface area contributed by atoms with Crippen LogP contribution in [0.4, 0.5) is 0 Å². The molecule has 1 atom stereocenters. The first-order valence-electron chi connectivity index (χ1n) is 6.09. The smallest absolute Gasteiger partial charge is 0.237 e. The molecule has 0 spiro atoms. The number of hydrogen-bond donors (Lipinski definition) is 2. The summed E-state index contributed by atoms with van der Waals surface area (Å²) in [6.07, 6.45) is 5.90. The van der Waals surface area contributed by atoms with Crippen LogP contribution >= 0.6 is 0 Å². The second-order valence-corrected chi connectivity index (χ2v) is 4.76. The summed E-state index contributed by atoms with van der Waals surface area (Å²) in [4.78, 5) is 15.8. The van der Waals surface area contributed by atoms with Crippen molar-refractivity contribution < 1.29 is 4.79 Å². The number of rotatable bonds is 5. The van der Waals surface area contributed by atoms with Crippen LogP contribution in [0.15, 0.2) is 18.5 Å². The van der Waals surface area contributed by atoms with Gasteiger partial charge in [0.1, 0.15) is 0 Å². The topological polar surface area (TPSA) is 54.0 Å². The first-order valence-corrected chi connectivity index (χ1v) is 6.09. The van der Waals surface area contributed by atoms with E-state index in [4.69, 9.17) is 0 Å². The zero-order valence-electron chi connectivity index (χ0n) is 10.4. The molecule has 1 aliphatic carbocycles. The van der Waals surface area contributed by atoms with E-state index in [0.717, 1.165) is 24.0 Å². The maximum absolute atomic E-state index is 11.7. The molecular formula is C13H19N3O. The molecule has 4 heteroatoms. The number of amides is 1. The zero-order valence-corrected chi connectivity index (χ0v) is 10.4. The van der Waals surface area contributed by atoms with Gasteiger partial charge in [-0.2, -0.15) is 0 Å². The predicted molar refractivity (Wildman–Crippen MR) is 66.4 cm³/mol. The number of nitrogens with zero attached hydrogens (tertiary/aromatic N) is 1. The van der Waals surface area contributed by atoms with Crippen molar-refractivity contribution in [3.8, 4) is 0 Å². The number of aryl methyl sites for hydroxylation is 1. The van der Waals surface area contributed by atoms with Gasteiger partial charge in [0.2, 0.25) is 5.91 Å². The summed E-state index contributed by atoms with van der Waals surface area (Å²) in [6, 6.07) is 2.34. The van der Waals surface area contributed by atoms with Crippen LogP contribution in [-0.2, 0) is 11.3 Å². The molecule has 1 aromatic heterocycles. The lowest BCUT2D eigenvalue weighted by Gasteiger charge is -2.13. The zero-order chi connectivity index (χ0) is 12.3. The van der Waals surface area contributed by atoms with Gasteiger partial charge in [0.15, 0.2) is 0 Å². The SMILES string of the molecule is Cc1cncc(CNC(C)C(=O)NC2CC2)c1. The van der Waals surface area contributed by atoms with E-state index in [9.17, 15) is 4.79 Å². The highest BCUT2D eigenvalue weighted by Crippen LogP contribution is 2.18. The van der Waals surface area contributed by atoms with E-state index in [-0.39, 0.29) is 11.9 Å². The Morgan fingerprint density at radius 3 is 2.94 bits per heavy atom. The summed E-state index contributed by atoms with van der Waals surface area (Å²) >= 11 is 0. The van der Waals surface area contributed by atoms with Crippen molar-refractivity contribution in [2.75, 3.05) is 0 Å². The van der Waals surface area contributed by atoms with Gasteiger partial charge in [0, 0.05) is 25.0 Å². The average molecular weight is 233 g/mol. The van der Waals surface area contributed by atoms with E-state index in [2.05, 4.69) is 21.7 Å². The Morgan fingerprint density at radius 1 is 1.53 bits per heavy atom. The molecule has 1 unspecified atom stereocenters. The lowest BCUT2D eigenvalue weighted by molar-refractivity contribution is -0.122. The van der Waals surface area contributed by atoms with Crippen LogP contribution in [0, 0.1) is 6.92 Å². The molecule has 2 rings (SSSR count). The third-order valence-electron chi connectivity index (χ3n) is 2.86. The van der Waals surface area contributed by atoms with Crippen LogP contribution in [0.25, 0.3) is 0 Å². The van der Waals surface area contributed by atoms with Gasteiger partial charge < -0.3 is 10.6 Å². The van der Waals surface area contributed by atoms with E-state index in [0.29, 0.717) is 12.6 Å². The fourth-order valence-corrected chi connectivity index (χ4v) is 1.63. The van der Waals surface area contributed by atoms with Gasteiger partial charge in [-0.15, -0.1) is 0 Å². The Kier molecular flexibility index (Phi) is 3.74. The standard InChI is InChI=1S/C13H19N3O/c1-9-5-11(7-14-6-9)8-15-10(2)13(17)16-12-3-4-12/h5-7,10,12,15H,3-4,8H2,1-2H3,(H,16,17). The van der Waals surface area contributed by atoms with E-state index >= 15 is 0 Å². The highest BCUT2D eigenvalue weighted by Gasteiger charge is 2.25. The van der Waals surface area contributed by atoms with Crippen LogP contribution in [0.2, 0.25) is 0 Å². The highest BCUT2D eigenvalue weighted by atomic mass is 16.2. The summed E-state index contributed by atoms with van der Waals surface area (Å²) in [5.41, 5.74) is 2.25. The third kappa shape index (κ3) is 3.82. The monoisotopic (exact) mass is 233 g/mol. The molecule has 1 aliphatic rings. The molecule has 0 saturated heterocycles. The molecule has 1 saturated carbocycles. The Morgan fingerprint density at radius 2 is 2.29 bits per heavy atom. The Labute approximate surface area is 102 Å². The average Bonchev–Trinajstić information content (AvgIpc) is 3.10. The van der Waals surface area contributed by atoms with Crippen LogP contribution in [-0.4, -0.2) is 23.0 Å². The van der Waals surface area contributed by atoms with Gasteiger partial charge in [-0.1, -0.05) is 6.07 Å². The second kappa shape index (κ2) is 5.27. The maximum atomic E-state index is 11.7. The largest absolute Gasteiger partial charge is 0.352 e. The van der Waals surface area contributed by atoms with Crippen molar-refractivity contribution in [3.63, 3.8) is 0 Å². The molecule has 0 aliphatic heterocycles. The summed E-state index contributed by atoms with van der Waals surface area (Å²) in [6.45, 7) is 4.58. The minimum atomic E-state index is -0.156. The van der Waals surface area contributed by atoms with E-state index < -0.39 is 0 Å². The Hall–Kier alpha value is -1.42. The number of nitrogens with one attached hydrogen (secondary N) is 2.